The smallest absolute Gasteiger partial charge is 0.387 e. The summed E-state index contributed by atoms with van der Waals surface area (Å²) in [6, 6.07) is 2.57. The van der Waals surface area contributed by atoms with Crippen LogP contribution in [0.4, 0.5) is 8.78 Å². The third-order valence-corrected chi connectivity index (χ3v) is 2.35. The Morgan fingerprint density at radius 2 is 2.06 bits per heavy atom. The van der Waals surface area contributed by atoms with E-state index in [1.165, 1.54) is 19.2 Å². The zero-order valence-electron chi connectivity index (χ0n) is 8.68. The van der Waals surface area contributed by atoms with E-state index in [2.05, 4.69) is 9.47 Å². The molecule has 1 aromatic rings. The van der Waals surface area contributed by atoms with Gasteiger partial charge in [0, 0.05) is 10.6 Å². The fourth-order valence-electron chi connectivity index (χ4n) is 1.19. The second-order valence-corrected chi connectivity index (χ2v) is 3.85. The first-order valence-corrected chi connectivity index (χ1v) is 5.19. The van der Waals surface area contributed by atoms with Crippen LogP contribution in [0.1, 0.15) is 5.56 Å². The van der Waals surface area contributed by atoms with E-state index in [1.807, 2.05) is 0 Å². The number of esters is 1. The Morgan fingerprint density at radius 3 is 2.59 bits per heavy atom. The first-order chi connectivity index (χ1) is 7.93. The Bertz CT molecular complexity index is 424. The monoisotopic (exact) mass is 284 g/mol. The molecule has 0 saturated carbocycles. The van der Waals surface area contributed by atoms with E-state index < -0.39 is 12.6 Å². The van der Waals surface area contributed by atoms with Crippen molar-refractivity contribution in [1.29, 1.82) is 0 Å². The average Bonchev–Trinajstić information content (AvgIpc) is 2.22. The fourth-order valence-corrected chi connectivity index (χ4v) is 1.77. The van der Waals surface area contributed by atoms with E-state index in [1.54, 1.807) is 0 Å². The van der Waals surface area contributed by atoms with Crippen molar-refractivity contribution in [2.24, 2.45) is 0 Å². The summed E-state index contributed by atoms with van der Waals surface area (Å²) in [5.74, 6) is -0.876. The molecule has 94 valence electrons. The molecule has 0 spiro atoms. The molecule has 0 saturated heterocycles. The minimum absolute atomic E-state index is 0.0864. The molecule has 0 unspecified atom stereocenters. The molecule has 0 heterocycles. The van der Waals surface area contributed by atoms with Crippen LogP contribution in [-0.4, -0.2) is 19.7 Å². The SMILES string of the molecule is COC(=O)Cc1cc(Cl)cc(Cl)c1OC(F)F. The number of alkyl halides is 2. The molecule has 0 amide bonds. The standard InChI is InChI=1S/C10H8Cl2F2O3/c1-16-8(15)3-5-2-6(11)4-7(12)9(5)17-10(13)14/h2,4,10H,3H2,1H3. The van der Waals surface area contributed by atoms with Crippen LogP contribution in [0.2, 0.25) is 10.0 Å². The summed E-state index contributed by atoms with van der Waals surface area (Å²) in [5, 5.41) is 0.132. The van der Waals surface area contributed by atoms with Crippen molar-refractivity contribution >= 4 is 29.2 Å². The maximum atomic E-state index is 12.2. The predicted molar refractivity (Wildman–Crippen MR) is 58.8 cm³/mol. The number of carbonyl (C=O) groups is 1. The van der Waals surface area contributed by atoms with E-state index in [9.17, 15) is 13.6 Å². The fraction of sp³-hybridized carbons (Fsp3) is 0.300. The van der Waals surface area contributed by atoms with E-state index in [-0.39, 0.29) is 27.8 Å². The van der Waals surface area contributed by atoms with Crippen molar-refractivity contribution in [1.82, 2.24) is 0 Å². The summed E-state index contributed by atoms with van der Waals surface area (Å²) in [6.45, 7) is -3.04. The van der Waals surface area contributed by atoms with Gasteiger partial charge in [0.25, 0.3) is 0 Å². The Hall–Kier alpha value is -1.07. The first-order valence-electron chi connectivity index (χ1n) is 4.43. The minimum Gasteiger partial charge on any atom is -0.469 e. The summed E-state index contributed by atoms with van der Waals surface area (Å²) in [4.78, 5) is 11.1. The predicted octanol–water partition coefficient (Wildman–Crippen LogP) is 3.31. The Labute approximate surface area is 106 Å². The van der Waals surface area contributed by atoms with E-state index in [0.29, 0.717) is 0 Å². The number of methoxy groups -OCH3 is 1. The van der Waals surface area contributed by atoms with Gasteiger partial charge in [-0.15, -0.1) is 0 Å². The number of hydrogen-bond donors (Lipinski definition) is 0. The molecule has 0 radical (unpaired) electrons. The number of carbonyl (C=O) groups excluding carboxylic acids is 1. The van der Waals surface area contributed by atoms with E-state index >= 15 is 0 Å². The van der Waals surface area contributed by atoms with Gasteiger partial charge in [0.15, 0.2) is 0 Å². The Kier molecular flexibility index (Phi) is 4.96. The Balaban J connectivity index is 3.10. The number of benzene rings is 1. The molecule has 3 nitrogen and oxygen atoms in total. The highest BCUT2D eigenvalue weighted by atomic mass is 35.5. The average molecular weight is 285 g/mol. The molecule has 7 heteroatoms. The lowest BCUT2D eigenvalue weighted by Gasteiger charge is -2.12. The van der Waals surface area contributed by atoms with Crippen molar-refractivity contribution < 1.29 is 23.0 Å². The van der Waals surface area contributed by atoms with Gasteiger partial charge in [-0.1, -0.05) is 23.2 Å². The topological polar surface area (TPSA) is 35.5 Å². The van der Waals surface area contributed by atoms with Crippen LogP contribution in [0.15, 0.2) is 12.1 Å². The number of rotatable bonds is 4. The van der Waals surface area contributed by atoms with Crippen LogP contribution in [0.5, 0.6) is 5.75 Å². The molecule has 0 aliphatic rings. The summed E-state index contributed by atoms with van der Waals surface area (Å²) in [6.07, 6.45) is -0.251. The van der Waals surface area contributed by atoms with Gasteiger partial charge in [-0.05, 0) is 12.1 Å². The van der Waals surface area contributed by atoms with Crippen molar-refractivity contribution in [3.63, 3.8) is 0 Å². The van der Waals surface area contributed by atoms with Crippen LogP contribution < -0.4 is 4.74 Å². The third kappa shape index (κ3) is 4.02. The van der Waals surface area contributed by atoms with Crippen molar-refractivity contribution in [2.45, 2.75) is 13.0 Å². The van der Waals surface area contributed by atoms with Gasteiger partial charge < -0.3 is 9.47 Å². The van der Waals surface area contributed by atoms with Crippen LogP contribution in [0.25, 0.3) is 0 Å². The maximum Gasteiger partial charge on any atom is 0.387 e. The lowest BCUT2D eigenvalue weighted by molar-refractivity contribution is -0.139. The second kappa shape index (κ2) is 6.02. The van der Waals surface area contributed by atoms with E-state index in [0.717, 1.165) is 0 Å². The highest BCUT2D eigenvalue weighted by Crippen LogP contribution is 2.34. The zero-order chi connectivity index (χ0) is 13.0. The van der Waals surface area contributed by atoms with Crippen molar-refractivity contribution in [3.05, 3.63) is 27.7 Å². The highest BCUT2D eigenvalue weighted by molar-refractivity contribution is 6.35. The molecule has 1 rings (SSSR count). The molecule has 0 N–H and O–H groups in total. The van der Waals surface area contributed by atoms with Crippen LogP contribution in [-0.2, 0) is 16.0 Å². The summed E-state index contributed by atoms with van der Waals surface area (Å²) >= 11 is 11.4. The molecule has 0 aromatic heterocycles. The molecule has 0 aliphatic heterocycles. The summed E-state index contributed by atoms with van der Waals surface area (Å²) in [5.41, 5.74) is 0.148. The van der Waals surface area contributed by atoms with Gasteiger partial charge in [0.1, 0.15) is 5.75 Å². The quantitative estimate of drug-likeness (QED) is 0.796. The van der Waals surface area contributed by atoms with Crippen LogP contribution in [0, 0.1) is 0 Å². The lowest BCUT2D eigenvalue weighted by Crippen LogP contribution is -2.09. The maximum absolute atomic E-state index is 12.2. The lowest BCUT2D eigenvalue weighted by atomic mass is 10.1. The highest BCUT2D eigenvalue weighted by Gasteiger charge is 2.17. The molecule has 0 atom stereocenters. The summed E-state index contributed by atoms with van der Waals surface area (Å²) < 4.78 is 33.0. The minimum atomic E-state index is -3.04. The van der Waals surface area contributed by atoms with Gasteiger partial charge in [0.05, 0.1) is 18.6 Å². The van der Waals surface area contributed by atoms with Crippen LogP contribution >= 0.6 is 23.2 Å². The molecule has 0 fully saturated rings. The molecular formula is C10H8Cl2F2O3. The van der Waals surface area contributed by atoms with Crippen molar-refractivity contribution in [2.75, 3.05) is 7.11 Å². The van der Waals surface area contributed by atoms with Gasteiger partial charge in [-0.2, -0.15) is 8.78 Å². The van der Waals surface area contributed by atoms with Crippen LogP contribution in [0.3, 0.4) is 0 Å². The van der Waals surface area contributed by atoms with Gasteiger partial charge >= 0.3 is 12.6 Å². The number of halogens is 4. The number of hydrogen-bond acceptors (Lipinski definition) is 3. The number of ether oxygens (including phenoxy) is 2. The molecule has 1 aromatic carbocycles. The molecule has 0 bridgehead atoms. The third-order valence-electron chi connectivity index (χ3n) is 1.85. The first kappa shape index (κ1) is 14.0. The van der Waals surface area contributed by atoms with E-state index in [4.69, 9.17) is 23.2 Å². The molecule has 17 heavy (non-hydrogen) atoms. The largest absolute Gasteiger partial charge is 0.469 e. The van der Waals surface area contributed by atoms with Gasteiger partial charge in [0.2, 0.25) is 0 Å². The second-order valence-electron chi connectivity index (χ2n) is 3.01. The normalized spacial score (nSPS) is 10.5. The zero-order valence-corrected chi connectivity index (χ0v) is 10.2. The Morgan fingerprint density at radius 1 is 1.41 bits per heavy atom. The van der Waals surface area contributed by atoms with Gasteiger partial charge in [-0.3, -0.25) is 4.79 Å². The molecular weight excluding hydrogens is 277 g/mol. The van der Waals surface area contributed by atoms with Gasteiger partial charge in [-0.25, -0.2) is 0 Å². The molecule has 0 aliphatic carbocycles. The van der Waals surface area contributed by atoms with Crippen molar-refractivity contribution in [3.8, 4) is 5.75 Å². The summed E-state index contributed by atoms with van der Waals surface area (Å²) in [7, 11) is 1.18.